The Morgan fingerprint density at radius 1 is 1.17 bits per heavy atom. The third-order valence-electron chi connectivity index (χ3n) is 4.89. The van der Waals surface area contributed by atoms with Crippen molar-refractivity contribution in [3.63, 3.8) is 0 Å². The van der Waals surface area contributed by atoms with Crippen LogP contribution < -0.4 is 4.90 Å². The second-order valence-electron chi connectivity index (χ2n) is 6.79. The van der Waals surface area contributed by atoms with Gasteiger partial charge in [-0.05, 0) is 25.7 Å². The van der Waals surface area contributed by atoms with Gasteiger partial charge in [-0.15, -0.1) is 0 Å². The molecule has 8 nitrogen and oxygen atoms in total. The van der Waals surface area contributed by atoms with Gasteiger partial charge in [-0.25, -0.2) is 27.7 Å². The molecule has 0 spiro atoms. The number of anilines is 1. The van der Waals surface area contributed by atoms with E-state index in [2.05, 4.69) is 19.5 Å². The summed E-state index contributed by atoms with van der Waals surface area (Å²) in [4.78, 5) is 15.4. The molecule has 2 aromatic rings. The Morgan fingerprint density at radius 2 is 1.96 bits per heavy atom. The molecule has 1 saturated carbocycles. The highest BCUT2D eigenvalue weighted by Gasteiger charge is 2.34. The predicted octanol–water partition coefficient (Wildman–Crippen LogP) is 1.02. The molecular weight excluding hydrogens is 328 g/mol. The number of rotatable bonds is 4. The van der Waals surface area contributed by atoms with Gasteiger partial charge in [0, 0.05) is 33.2 Å². The second-order valence-corrected chi connectivity index (χ2v) is 9.22. The molecule has 9 heteroatoms. The van der Waals surface area contributed by atoms with Crippen molar-refractivity contribution in [2.24, 2.45) is 0 Å². The van der Waals surface area contributed by atoms with Crippen LogP contribution in [0.25, 0.3) is 11.2 Å². The molecule has 1 aliphatic carbocycles. The van der Waals surface area contributed by atoms with E-state index in [-0.39, 0.29) is 0 Å². The summed E-state index contributed by atoms with van der Waals surface area (Å²) < 4.78 is 28.4. The number of sulfonamides is 1. The van der Waals surface area contributed by atoms with E-state index in [0.29, 0.717) is 19.0 Å². The van der Waals surface area contributed by atoms with E-state index < -0.39 is 15.3 Å². The van der Waals surface area contributed by atoms with Crippen LogP contribution in [-0.2, 0) is 10.0 Å². The van der Waals surface area contributed by atoms with Crippen molar-refractivity contribution < 1.29 is 8.42 Å². The molecule has 24 heavy (non-hydrogen) atoms. The Labute approximate surface area is 141 Å². The zero-order valence-electron chi connectivity index (χ0n) is 14.0. The molecule has 2 fully saturated rings. The lowest BCUT2D eigenvalue weighted by molar-refractivity contribution is 0.478. The normalized spacial score (nSPS) is 22.5. The van der Waals surface area contributed by atoms with Gasteiger partial charge in [-0.1, -0.05) is 0 Å². The molecule has 0 aromatic carbocycles. The summed E-state index contributed by atoms with van der Waals surface area (Å²) in [5.41, 5.74) is 1.62. The second kappa shape index (κ2) is 5.66. The number of piperidine rings is 1. The van der Waals surface area contributed by atoms with Gasteiger partial charge in [-0.2, -0.15) is 0 Å². The molecule has 0 radical (unpaired) electrons. The van der Waals surface area contributed by atoms with Crippen LogP contribution in [0.1, 0.15) is 31.7 Å². The average Bonchev–Trinajstić information content (AvgIpc) is 3.33. The van der Waals surface area contributed by atoms with Crippen LogP contribution in [-0.4, -0.2) is 64.7 Å². The van der Waals surface area contributed by atoms with Crippen molar-refractivity contribution in [1.29, 1.82) is 0 Å². The Kier molecular flexibility index (Phi) is 3.72. The number of hydrogen-bond donors (Lipinski definition) is 0. The highest BCUT2D eigenvalue weighted by Crippen LogP contribution is 2.37. The van der Waals surface area contributed by atoms with Gasteiger partial charge in [0.05, 0.1) is 11.6 Å². The van der Waals surface area contributed by atoms with E-state index in [4.69, 9.17) is 0 Å². The number of fused-ring (bicyclic) bond motifs is 1. The average molecular weight is 350 g/mol. The Morgan fingerprint density at radius 3 is 2.67 bits per heavy atom. The van der Waals surface area contributed by atoms with Crippen molar-refractivity contribution in [2.75, 3.05) is 32.1 Å². The maximum atomic E-state index is 12.5. The minimum atomic E-state index is -3.27. The Balaban J connectivity index is 1.67. The first-order chi connectivity index (χ1) is 11.5. The van der Waals surface area contributed by atoms with Gasteiger partial charge in [0.2, 0.25) is 10.0 Å². The fourth-order valence-corrected chi connectivity index (χ4v) is 4.79. The number of imidazole rings is 1. The smallest absolute Gasteiger partial charge is 0.218 e. The van der Waals surface area contributed by atoms with Crippen molar-refractivity contribution in [2.45, 2.75) is 37.0 Å². The van der Waals surface area contributed by atoms with Crippen molar-refractivity contribution in [3.05, 3.63) is 12.7 Å². The highest BCUT2D eigenvalue weighted by atomic mass is 32.2. The highest BCUT2D eigenvalue weighted by molar-refractivity contribution is 7.89. The third-order valence-corrected chi connectivity index (χ3v) is 7.13. The molecule has 130 valence electrons. The number of hydrogen-bond acceptors (Lipinski definition) is 6. The van der Waals surface area contributed by atoms with Crippen molar-refractivity contribution in [1.82, 2.24) is 23.8 Å². The first-order valence-corrected chi connectivity index (χ1v) is 9.82. The molecule has 4 rings (SSSR count). The topological polar surface area (TPSA) is 84.2 Å². The number of aromatic nitrogens is 4. The lowest BCUT2D eigenvalue weighted by atomic mass is 10.1. The van der Waals surface area contributed by atoms with E-state index in [1.54, 1.807) is 20.4 Å². The molecule has 2 aliphatic rings. The van der Waals surface area contributed by atoms with Crippen LogP contribution in [0, 0.1) is 0 Å². The van der Waals surface area contributed by atoms with Gasteiger partial charge in [-0.3, -0.25) is 0 Å². The zero-order valence-corrected chi connectivity index (χ0v) is 14.8. The quantitative estimate of drug-likeness (QED) is 0.819. The lowest BCUT2D eigenvalue weighted by Crippen LogP contribution is -2.46. The van der Waals surface area contributed by atoms with E-state index in [9.17, 15) is 8.42 Å². The Bertz CT molecular complexity index is 858. The van der Waals surface area contributed by atoms with Crippen LogP contribution in [0.4, 0.5) is 5.82 Å². The summed E-state index contributed by atoms with van der Waals surface area (Å²) in [6, 6.07) is 0.501. The van der Waals surface area contributed by atoms with E-state index in [1.807, 2.05) is 11.2 Å². The monoisotopic (exact) mass is 350 g/mol. The molecule has 1 aliphatic heterocycles. The Hall–Kier alpha value is -1.74. The van der Waals surface area contributed by atoms with Gasteiger partial charge in [0.1, 0.15) is 6.33 Å². The summed E-state index contributed by atoms with van der Waals surface area (Å²) >= 11 is 0. The van der Waals surface area contributed by atoms with E-state index >= 15 is 0 Å². The molecular formula is C15H22N6O2S. The van der Waals surface area contributed by atoms with Crippen LogP contribution >= 0.6 is 0 Å². The fraction of sp³-hybridized carbons (Fsp3) is 0.667. The minimum Gasteiger partial charge on any atom is -0.353 e. The van der Waals surface area contributed by atoms with Crippen LogP contribution in [0.3, 0.4) is 0 Å². The van der Waals surface area contributed by atoms with E-state index in [1.165, 1.54) is 4.31 Å². The summed E-state index contributed by atoms with van der Waals surface area (Å²) in [6.45, 7) is 1.24. The SMILES string of the molecule is CN(C)S(=O)(=O)C1CCCN(c2ncnc3c2ncn3C2CC2)C1. The molecule has 1 unspecified atom stereocenters. The molecule has 2 aromatic heterocycles. The van der Waals surface area contributed by atoms with Gasteiger partial charge in [0.25, 0.3) is 0 Å². The minimum absolute atomic E-state index is 0.406. The van der Waals surface area contributed by atoms with Crippen LogP contribution in [0.2, 0.25) is 0 Å². The fourth-order valence-electron chi connectivity index (χ4n) is 3.36. The van der Waals surface area contributed by atoms with Gasteiger partial charge in [0.15, 0.2) is 17.0 Å². The lowest BCUT2D eigenvalue weighted by Gasteiger charge is -2.34. The summed E-state index contributed by atoms with van der Waals surface area (Å²) in [5, 5.41) is -0.406. The van der Waals surface area contributed by atoms with Crippen molar-refractivity contribution in [3.8, 4) is 0 Å². The predicted molar refractivity (Wildman–Crippen MR) is 91.4 cm³/mol. The summed E-state index contributed by atoms with van der Waals surface area (Å²) in [7, 11) is -0.0862. The molecule has 1 saturated heterocycles. The standard InChI is InChI=1S/C15H22N6O2S/c1-19(2)24(22,23)12-4-3-7-20(8-12)14-13-15(17-9-16-14)21(10-18-13)11-5-6-11/h9-12H,3-8H2,1-2H3. The molecule has 0 N–H and O–H groups in total. The first-order valence-electron chi connectivity index (χ1n) is 8.32. The van der Waals surface area contributed by atoms with Crippen LogP contribution in [0.15, 0.2) is 12.7 Å². The van der Waals surface area contributed by atoms with Gasteiger partial charge < -0.3 is 9.47 Å². The van der Waals surface area contributed by atoms with Crippen LogP contribution in [0.5, 0.6) is 0 Å². The zero-order chi connectivity index (χ0) is 16.9. The first kappa shape index (κ1) is 15.8. The third kappa shape index (κ3) is 2.55. The summed E-state index contributed by atoms with van der Waals surface area (Å²) in [6.07, 6.45) is 7.23. The molecule has 0 amide bonds. The maximum Gasteiger partial charge on any atom is 0.218 e. The number of nitrogens with zero attached hydrogens (tertiary/aromatic N) is 6. The molecule has 0 bridgehead atoms. The molecule has 3 heterocycles. The largest absolute Gasteiger partial charge is 0.353 e. The summed E-state index contributed by atoms with van der Waals surface area (Å²) in [5.74, 6) is 0.748. The van der Waals surface area contributed by atoms with Gasteiger partial charge >= 0.3 is 0 Å². The molecule has 1 atom stereocenters. The maximum absolute atomic E-state index is 12.5. The van der Waals surface area contributed by atoms with Crippen molar-refractivity contribution >= 4 is 27.0 Å². The van der Waals surface area contributed by atoms with E-state index in [0.717, 1.165) is 42.8 Å².